The Labute approximate surface area is 277 Å². The number of piperazine rings is 1. The van der Waals surface area contributed by atoms with Crippen LogP contribution in [0.1, 0.15) is 34.9 Å². The van der Waals surface area contributed by atoms with Crippen LogP contribution in [0.4, 0.5) is 31.1 Å². The second kappa shape index (κ2) is 15.6. The fourth-order valence-electron chi connectivity index (χ4n) is 5.62. The van der Waals surface area contributed by atoms with Crippen molar-refractivity contribution in [2.45, 2.75) is 38.0 Å². The number of hydrogen-bond acceptors (Lipinski definition) is 6. The number of fused-ring (bicyclic) bond motifs is 1. The number of rotatable bonds is 9. The van der Waals surface area contributed by atoms with Crippen LogP contribution in [0.15, 0.2) is 54.7 Å². The van der Waals surface area contributed by atoms with Gasteiger partial charge in [-0.1, -0.05) is 36.4 Å². The van der Waals surface area contributed by atoms with E-state index < -0.39 is 24.6 Å². The van der Waals surface area contributed by atoms with Crippen molar-refractivity contribution in [1.82, 2.24) is 25.0 Å². The van der Waals surface area contributed by atoms with Crippen LogP contribution in [-0.2, 0) is 11.3 Å². The van der Waals surface area contributed by atoms with Crippen LogP contribution in [0.5, 0.6) is 5.75 Å². The third kappa shape index (κ3) is 10.4. The number of ether oxygens (including phenoxy) is 1. The summed E-state index contributed by atoms with van der Waals surface area (Å²) in [7, 11) is 2.11. The van der Waals surface area contributed by atoms with Gasteiger partial charge in [-0.05, 0) is 48.7 Å². The molecule has 1 fully saturated rings. The van der Waals surface area contributed by atoms with E-state index in [0.717, 1.165) is 43.9 Å². The van der Waals surface area contributed by atoms with Gasteiger partial charge in [0.25, 0.3) is 5.91 Å². The van der Waals surface area contributed by atoms with E-state index in [-0.39, 0.29) is 24.2 Å². The van der Waals surface area contributed by atoms with Crippen molar-refractivity contribution in [2.24, 2.45) is 0 Å². The van der Waals surface area contributed by atoms with Gasteiger partial charge in [-0.15, -0.1) is 13.2 Å². The van der Waals surface area contributed by atoms with Crippen LogP contribution in [0.2, 0.25) is 0 Å². The SMILES string of the molecule is CN1CCN(Cc2ccc(-c3c(-c4cccc(OC(F)(F)F)c4)cn4c3C(=O)NC[C@@H]4CCCNC(=O)O)cc2)CC1.O=C(O)C(F)(F)F. The zero-order chi connectivity index (χ0) is 35.9. The van der Waals surface area contributed by atoms with Gasteiger partial charge in [-0.3, -0.25) is 9.69 Å². The Morgan fingerprint density at radius 3 is 2.22 bits per heavy atom. The number of carbonyl (C=O) groups is 3. The van der Waals surface area contributed by atoms with E-state index in [2.05, 4.69) is 32.2 Å². The number of aromatic nitrogens is 1. The molecule has 0 saturated carbocycles. The van der Waals surface area contributed by atoms with Gasteiger partial charge in [-0.2, -0.15) is 13.2 Å². The first-order valence-corrected chi connectivity index (χ1v) is 15.2. The van der Waals surface area contributed by atoms with Crippen LogP contribution in [0.3, 0.4) is 0 Å². The summed E-state index contributed by atoms with van der Waals surface area (Å²) < 4.78 is 76.8. The fraction of sp³-hybridized carbons (Fsp3) is 0.406. The van der Waals surface area contributed by atoms with Gasteiger partial charge in [0.05, 0.1) is 6.04 Å². The first-order valence-electron chi connectivity index (χ1n) is 15.2. The molecule has 1 atom stereocenters. The zero-order valence-electron chi connectivity index (χ0n) is 26.3. The highest BCUT2D eigenvalue weighted by Gasteiger charge is 2.38. The molecule has 3 heterocycles. The monoisotopic (exact) mass is 699 g/mol. The van der Waals surface area contributed by atoms with Gasteiger partial charge in [0.15, 0.2) is 0 Å². The highest BCUT2D eigenvalue weighted by Crippen LogP contribution is 2.41. The van der Waals surface area contributed by atoms with Crippen molar-refractivity contribution in [3.05, 3.63) is 66.0 Å². The average Bonchev–Trinajstić information content (AvgIpc) is 3.43. The predicted octanol–water partition coefficient (Wildman–Crippen LogP) is 5.43. The maximum atomic E-state index is 13.3. The van der Waals surface area contributed by atoms with Crippen molar-refractivity contribution in [1.29, 1.82) is 0 Å². The fourth-order valence-corrected chi connectivity index (χ4v) is 5.62. The van der Waals surface area contributed by atoms with Crippen molar-refractivity contribution >= 4 is 18.0 Å². The molecule has 2 aliphatic rings. The van der Waals surface area contributed by atoms with Crippen LogP contribution in [0, 0.1) is 0 Å². The summed E-state index contributed by atoms with van der Waals surface area (Å²) in [5.41, 5.74) is 4.03. The molecule has 11 nitrogen and oxygen atoms in total. The second-order valence-corrected chi connectivity index (χ2v) is 11.6. The number of carboxylic acid groups (broad SMARTS) is 2. The minimum absolute atomic E-state index is 0.160. The number of benzene rings is 2. The molecule has 17 heteroatoms. The largest absolute Gasteiger partial charge is 0.573 e. The summed E-state index contributed by atoms with van der Waals surface area (Å²) in [6.45, 7) is 5.41. The molecule has 5 rings (SSSR count). The Morgan fingerprint density at radius 1 is 0.980 bits per heavy atom. The molecule has 0 radical (unpaired) electrons. The maximum Gasteiger partial charge on any atom is 0.573 e. The average molecular weight is 700 g/mol. The first kappa shape index (κ1) is 37.1. The Balaban J connectivity index is 0.000000698. The molecule has 2 aromatic carbocycles. The smallest absolute Gasteiger partial charge is 0.475 e. The van der Waals surface area contributed by atoms with Crippen LogP contribution >= 0.6 is 0 Å². The minimum Gasteiger partial charge on any atom is -0.475 e. The van der Waals surface area contributed by atoms with Crippen molar-refractivity contribution in [2.75, 3.05) is 46.3 Å². The van der Waals surface area contributed by atoms with E-state index >= 15 is 0 Å². The van der Waals surface area contributed by atoms with Gasteiger partial charge in [0, 0.05) is 63.1 Å². The summed E-state index contributed by atoms with van der Waals surface area (Å²) in [4.78, 5) is 37.7. The maximum absolute atomic E-state index is 13.3. The van der Waals surface area contributed by atoms with Crippen LogP contribution in [-0.4, -0.2) is 101 Å². The molecule has 4 N–H and O–H groups in total. The molecule has 266 valence electrons. The van der Waals surface area contributed by atoms with E-state index in [4.69, 9.17) is 15.0 Å². The number of carboxylic acids is 1. The van der Waals surface area contributed by atoms with Gasteiger partial charge >= 0.3 is 24.6 Å². The minimum atomic E-state index is -5.08. The molecule has 0 spiro atoms. The summed E-state index contributed by atoms with van der Waals surface area (Å²) in [5.74, 6) is -3.38. The third-order valence-electron chi connectivity index (χ3n) is 8.00. The van der Waals surface area contributed by atoms with Gasteiger partial charge in [0.1, 0.15) is 11.4 Å². The molecule has 2 amide bonds. The quantitative estimate of drug-likeness (QED) is 0.172. The van der Waals surface area contributed by atoms with Crippen molar-refractivity contribution in [3.63, 3.8) is 0 Å². The van der Waals surface area contributed by atoms with E-state index in [1.807, 2.05) is 35.0 Å². The number of halogens is 6. The lowest BCUT2D eigenvalue weighted by Gasteiger charge is -2.32. The van der Waals surface area contributed by atoms with E-state index in [9.17, 15) is 35.9 Å². The molecule has 2 aliphatic heterocycles. The second-order valence-electron chi connectivity index (χ2n) is 11.6. The lowest BCUT2D eigenvalue weighted by atomic mass is 9.95. The lowest BCUT2D eigenvalue weighted by molar-refractivity contribution is -0.274. The van der Waals surface area contributed by atoms with Crippen molar-refractivity contribution < 1.29 is 55.7 Å². The van der Waals surface area contributed by atoms with Gasteiger partial charge in [-0.25, -0.2) is 9.59 Å². The number of alkyl halides is 6. The van der Waals surface area contributed by atoms with Crippen molar-refractivity contribution in [3.8, 4) is 28.0 Å². The number of amides is 2. The Hall–Kier alpha value is -4.77. The predicted molar refractivity (Wildman–Crippen MR) is 165 cm³/mol. The lowest BCUT2D eigenvalue weighted by Crippen LogP contribution is -2.43. The number of nitrogens with one attached hydrogen (secondary N) is 2. The molecular formula is C32H35F6N5O6. The Morgan fingerprint density at radius 2 is 1.63 bits per heavy atom. The zero-order valence-corrected chi connectivity index (χ0v) is 26.3. The molecule has 0 unspecified atom stereocenters. The van der Waals surface area contributed by atoms with Gasteiger partial charge in [0.2, 0.25) is 0 Å². The molecule has 1 aromatic heterocycles. The third-order valence-corrected chi connectivity index (χ3v) is 8.00. The Kier molecular flexibility index (Phi) is 11.8. The molecule has 0 aliphatic carbocycles. The highest BCUT2D eigenvalue weighted by molar-refractivity contribution is 6.05. The Bertz CT molecular complexity index is 1620. The summed E-state index contributed by atoms with van der Waals surface area (Å²) in [6, 6.07) is 13.6. The standard InChI is InChI=1S/C30H34F3N5O4.C2HF3O2/c1-36-12-14-37(15-13-36)18-20-7-9-21(10-8-20)26-25(22-4-2-6-24(16-22)42-30(31,32)33)19-38-23(5-3-11-34-29(40)41)17-35-28(39)27(26)38;3-2(4,5)1(6)7/h2,4,6-10,16,19,23,34H,3,5,11-15,17-18H2,1H3,(H,35,39)(H,40,41);(H,6,7)/t23-;/m0./s1. The van der Waals surface area contributed by atoms with E-state index in [1.165, 1.54) is 18.2 Å². The van der Waals surface area contributed by atoms with E-state index in [1.54, 1.807) is 6.07 Å². The first-order chi connectivity index (χ1) is 23.0. The number of carbonyl (C=O) groups excluding carboxylic acids is 1. The topological polar surface area (TPSA) is 136 Å². The number of aliphatic carboxylic acids is 1. The van der Waals surface area contributed by atoms with Crippen LogP contribution in [0.25, 0.3) is 22.3 Å². The number of hydrogen-bond donors (Lipinski definition) is 4. The molecule has 3 aromatic rings. The molecule has 0 bridgehead atoms. The number of nitrogens with zero attached hydrogens (tertiary/aromatic N) is 3. The summed E-state index contributed by atoms with van der Waals surface area (Å²) in [5, 5.41) is 21.3. The molecule has 1 saturated heterocycles. The summed E-state index contributed by atoms with van der Waals surface area (Å²) >= 11 is 0. The van der Waals surface area contributed by atoms with Crippen LogP contribution < -0.4 is 15.4 Å². The number of likely N-dealkylation sites (N-methyl/N-ethyl adjacent to an activating group) is 1. The normalized spacial score (nSPS) is 17.0. The summed E-state index contributed by atoms with van der Waals surface area (Å²) in [6.07, 6.45) is -8.08. The highest BCUT2D eigenvalue weighted by atomic mass is 19.4. The van der Waals surface area contributed by atoms with E-state index in [0.29, 0.717) is 41.8 Å². The molecular weight excluding hydrogens is 664 g/mol. The van der Waals surface area contributed by atoms with Gasteiger partial charge < -0.3 is 35.1 Å². The molecule has 49 heavy (non-hydrogen) atoms.